The van der Waals surface area contributed by atoms with Crippen LogP contribution >= 0.6 is 0 Å². The van der Waals surface area contributed by atoms with Crippen molar-refractivity contribution in [1.29, 1.82) is 0 Å². The van der Waals surface area contributed by atoms with Crippen molar-refractivity contribution < 1.29 is 4.74 Å². The molecular formula is C14H25N5O. The first kappa shape index (κ1) is 15.2. The standard InChI is InChI=1S/C14H25N5O/c1-13(12-20-2)15-6-7-18-8-10-19(11-9-18)14-16-4-3-5-17-14/h3-5,13,15H,6-12H2,1-2H3. The minimum atomic E-state index is 0.416. The van der Waals surface area contributed by atoms with E-state index < -0.39 is 0 Å². The zero-order valence-electron chi connectivity index (χ0n) is 12.5. The molecular weight excluding hydrogens is 254 g/mol. The van der Waals surface area contributed by atoms with Crippen molar-refractivity contribution in [3.05, 3.63) is 18.5 Å². The average molecular weight is 279 g/mol. The summed E-state index contributed by atoms with van der Waals surface area (Å²) in [5, 5.41) is 3.47. The third-order valence-electron chi connectivity index (χ3n) is 3.54. The van der Waals surface area contributed by atoms with Gasteiger partial charge in [-0.2, -0.15) is 0 Å². The topological polar surface area (TPSA) is 53.5 Å². The van der Waals surface area contributed by atoms with Crippen LogP contribution in [-0.4, -0.2) is 73.9 Å². The van der Waals surface area contributed by atoms with Gasteiger partial charge in [-0.25, -0.2) is 9.97 Å². The van der Waals surface area contributed by atoms with Gasteiger partial charge in [-0.1, -0.05) is 0 Å². The fourth-order valence-corrected chi connectivity index (χ4v) is 2.40. The maximum absolute atomic E-state index is 5.11. The van der Waals surface area contributed by atoms with Crippen LogP contribution in [0.25, 0.3) is 0 Å². The van der Waals surface area contributed by atoms with Crippen molar-refractivity contribution in [3.8, 4) is 0 Å². The molecule has 1 aliphatic heterocycles. The Morgan fingerprint density at radius 1 is 1.25 bits per heavy atom. The van der Waals surface area contributed by atoms with Crippen molar-refractivity contribution in [2.75, 3.05) is 57.9 Å². The number of methoxy groups -OCH3 is 1. The minimum absolute atomic E-state index is 0.416. The summed E-state index contributed by atoms with van der Waals surface area (Å²) in [6.45, 7) is 9.13. The first-order valence-corrected chi connectivity index (χ1v) is 7.26. The highest BCUT2D eigenvalue weighted by molar-refractivity contribution is 5.29. The van der Waals surface area contributed by atoms with Gasteiger partial charge in [-0.05, 0) is 13.0 Å². The smallest absolute Gasteiger partial charge is 0.225 e. The predicted molar refractivity (Wildman–Crippen MR) is 80.0 cm³/mol. The molecule has 6 nitrogen and oxygen atoms in total. The molecule has 0 aromatic carbocycles. The molecule has 0 amide bonds. The molecule has 1 aromatic heterocycles. The second-order valence-electron chi connectivity index (χ2n) is 5.19. The third-order valence-corrected chi connectivity index (χ3v) is 3.54. The summed E-state index contributed by atoms with van der Waals surface area (Å²) in [7, 11) is 1.74. The Kier molecular flexibility index (Phi) is 6.17. The maximum Gasteiger partial charge on any atom is 0.225 e. The Morgan fingerprint density at radius 2 is 1.95 bits per heavy atom. The summed E-state index contributed by atoms with van der Waals surface area (Å²) < 4.78 is 5.11. The zero-order chi connectivity index (χ0) is 14.2. The van der Waals surface area contributed by atoms with E-state index in [4.69, 9.17) is 4.74 Å². The fourth-order valence-electron chi connectivity index (χ4n) is 2.40. The molecule has 0 radical (unpaired) electrons. The molecule has 2 heterocycles. The lowest BCUT2D eigenvalue weighted by atomic mass is 10.3. The molecule has 6 heteroatoms. The van der Waals surface area contributed by atoms with Crippen LogP contribution < -0.4 is 10.2 Å². The molecule has 0 spiro atoms. The summed E-state index contributed by atoms with van der Waals surface area (Å²) >= 11 is 0. The lowest BCUT2D eigenvalue weighted by Gasteiger charge is -2.34. The molecule has 0 aliphatic carbocycles. The molecule has 1 unspecified atom stereocenters. The number of piperazine rings is 1. The van der Waals surface area contributed by atoms with Crippen LogP contribution in [0.15, 0.2) is 18.5 Å². The first-order chi connectivity index (χ1) is 9.79. The molecule has 20 heavy (non-hydrogen) atoms. The molecule has 112 valence electrons. The summed E-state index contributed by atoms with van der Waals surface area (Å²) in [5.41, 5.74) is 0. The van der Waals surface area contributed by atoms with E-state index in [1.54, 1.807) is 19.5 Å². The Labute approximate surface area is 121 Å². The molecule has 0 bridgehead atoms. The van der Waals surface area contributed by atoms with Crippen LogP contribution in [0.1, 0.15) is 6.92 Å². The van der Waals surface area contributed by atoms with Gasteiger partial charge in [0.1, 0.15) is 0 Å². The van der Waals surface area contributed by atoms with Gasteiger partial charge in [0, 0.05) is 64.8 Å². The van der Waals surface area contributed by atoms with Crippen LogP contribution in [0.2, 0.25) is 0 Å². The zero-order valence-corrected chi connectivity index (χ0v) is 12.5. The van der Waals surface area contributed by atoms with Gasteiger partial charge < -0.3 is 15.0 Å². The van der Waals surface area contributed by atoms with Crippen LogP contribution in [0.5, 0.6) is 0 Å². The number of rotatable bonds is 7. The Morgan fingerprint density at radius 3 is 2.60 bits per heavy atom. The number of nitrogens with one attached hydrogen (secondary N) is 1. The molecule has 2 rings (SSSR count). The number of hydrogen-bond donors (Lipinski definition) is 1. The molecule has 1 aliphatic rings. The highest BCUT2D eigenvalue weighted by Gasteiger charge is 2.18. The van der Waals surface area contributed by atoms with E-state index in [1.807, 2.05) is 6.07 Å². The monoisotopic (exact) mass is 279 g/mol. The van der Waals surface area contributed by atoms with E-state index >= 15 is 0 Å². The van der Waals surface area contributed by atoms with Gasteiger partial charge in [-0.3, -0.25) is 4.90 Å². The number of nitrogens with zero attached hydrogens (tertiary/aromatic N) is 4. The Hall–Kier alpha value is -1.24. The lowest BCUT2D eigenvalue weighted by Crippen LogP contribution is -2.49. The van der Waals surface area contributed by atoms with Gasteiger partial charge in [0.05, 0.1) is 6.61 Å². The van der Waals surface area contributed by atoms with E-state index in [0.29, 0.717) is 6.04 Å². The minimum Gasteiger partial charge on any atom is -0.383 e. The van der Waals surface area contributed by atoms with Crippen LogP contribution in [0.4, 0.5) is 5.95 Å². The van der Waals surface area contributed by atoms with E-state index in [1.165, 1.54) is 0 Å². The molecule has 1 aromatic rings. The number of aromatic nitrogens is 2. The largest absolute Gasteiger partial charge is 0.383 e. The molecule has 1 saturated heterocycles. The van der Waals surface area contributed by atoms with Crippen molar-refractivity contribution in [1.82, 2.24) is 20.2 Å². The van der Waals surface area contributed by atoms with Gasteiger partial charge >= 0.3 is 0 Å². The summed E-state index contributed by atoms with van der Waals surface area (Å²) in [4.78, 5) is 13.3. The van der Waals surface area contributed by atoms with E-state index in [9.17, 15) is 0 Å². The molecule has 1 fully saturated rings. The van der Waals surface area contributed by atoms with Crippen molar-refractivity contribution in [2.45, 2.75) is 13.0 Å². The van der Waals surface area contributed by atoms with E-state index in [0.717, 1.165) is 51.8 Å². The second-order valence-corrected chi connectivity index (χ2v) is 5.19. The summed E-state index contributed by atoms with van der Waals surface area (Å²) in [5.74, 6) is 0.846. The molecule has 0 saturated carbocycles. The molecule has 1 N–H and O–H groups in total. The highest BCUT2D eigenvalue weighted by atomic mass is 16.5. The van der Waals surface area contributed by atoms with Crippen LogP contribution in [0.3, 0.4) is 0 Å². The SMILES string of the molecule is COCC(C)NCCN1CCN(c2ncccn2)CC1. The average Bonchev–Trinajstić information content (AvgIpc) is 2.49. The van der Waals surface area contributed by atoms with Gasteiger partial charge in [0.2, 0.25) is 5.95 Å². The van der Waals surface area contributed by atoms with Crippen molar-refractivity contribution in [3.63, 3.8) is 0 Å². The quantitative estimate of drug-likeness (QED) is 0.771. The van der Waals surface area contributed by atoms with Crippen LogP contribution in [-0.2, 0) is 4.74 Å². The maximum atomic E-state index is 5.11. The fraction of sp³-hybridized carbons (Fsp3) is 0.714. The summed E-state index contributed by atoms with van der Waals surface area (Å²) in [6.07, 6.45) is 3.60. The van der Waals surface area contributed by atoms with Crippen LogP contribution in [0, 0.1) is 0 Å². The number of anilines is 1. The predicted octanol–water partition coefficient (Wildman–Crippen LogP) is 0.223. The first-order valence-electron chi connectivity index (χ1n) is 7.26. The number of hydrogen-bond acceptors (Lipinski definition) is 6. The van der Waals surface area contributed by atoms with Gasteiger partial charge in [0.25, 0.3) is 0 Å². The summed E-state index contributed by atoms with van der Waals surface area (Å²) in [6, 6.07) is 2.27. The Bertz CT molecular complexity index is 367. The van der Waals surface area contributed by atoms with E-state index in [2.05, 4.69) is 32.0 Å². The second kappa shape index (κ2) is 8.14. The lowest BCUT2D eigenvalue weighted by molar-refractivity contribution is 0.168. The Balaban J connectivity index is 1.65. The normalized spacial score (nSPS) is 18.2. The van der Waals surface area contributed by atoms with Crippen molar-refractivity contribution >= 4 is 5.95 Å². The van der Waals surface area contributed by atoms with E-state index in [-0.39, 0.29) is 0 Å². The van der Waals surface area contributed by atoms with Gasteiger partial charge in [0.15, 0.2) is 0 Å². The third kappa shape index (κ3) is 4.70. The molecule has 1 atom stereocenters. The number of ether oxygens (including phenoxy) is 1. The van der Waals surface area contributed by atoms with Crippen molar-refractivity contribution in [2.24, 2.45) is 0 Å². The highest BCUT2D eigenvalue weighted by Crippen LogP contribution is 2.08. The van der Waals surface area contributed by atoms with Gasteiger partial charge in [-0.15, -0.1) is 0 Å².